The van der Waals surface area contributed by atoms with Crippen LogP contribution in [0.2, 0.25) is 0 Å². The molecule has 0 atom stereocenters. The zero-order valence-electron chi connectivity index (χ0n) is 18.1. The molecule has 0 saturated heterocycles. The quantitative estimate of drug-likeness (QED) is 0.587. The molecule has 8 heteroatoms. The van der Waals surface area contributed by atoms with E-state index in [1.165, 1.54) is 26.9 Å². The summed E-state index contributed by atoms with van der Waals surface area (Å²) in [5.41, 5.74) is 2.35. The maximum absolute atomic E-state index is 12.6. The lowest BCUT2D eigenvalue weighted by atomic mass is 10.1. The Kier molecular flexibility index (Phi) is 8.89. The molecule has 0 saturated carbocycles. The van der Waals surface area contributed by atoms with Gasteiger partial charge in [0, 0.05) is 17.8 Å². The third kappa shape index (κ3) is 6.08. The van der Waals surface area contributed by atoms with Crippen molar-refractivity contribution in [1.82, 2.24) is 10.2 Å². The maximum Gasteiger partial charge on any atom is 0.257 e. The Labute approximate surface area is 183 Å². The predicted molar refractivity (Wildman–Crippen MR) is 123 cm³/mol. The second kappa shape index (κ2) is 11.4. The van der Waals surface area contributed by atoms with Crippen LogP contribution < -0.4 is 24.8 Å². The average Bonchev–Trinajstić information content (AvgIpc) is 2.77. The van der Waals surface area contributed by atoms with Gasteiger partial charge in [0.1, 0.15) is 0 Å². The van der Waals surface area contributed by atoms with Crippen LogP contribution in [-0.2, 0) is 6.54 Å². The molecule has 0 unspecified atom stereocenters. The highest BCUT2D eigenvalue weighted by atomic mass is 32.1. The number of methoxy groups -OCH3 is 3. The second-order valence-electron chi connectivity index (χ2n) is 6.48. The molecule has 0 aliphatic carbocycles. The van der Waals surface area contributed by atoms with Crippen LogP contribution in [0.4, 0.5) is 5.69 Å². The topological polar surface area (TPSA) is 72.1 Å². The van der Waals surface area contributed by atoms with Crippen molar-refractivity contribution >= 4 is 28.9 Å². The number of carbonyl (C=O) groups is 1. The molecule has 0 heterocycles. The van der Waals surface area contributed by atoms with Crippen LogP contribution >= 0.6 is 12.2 Å². The standard InChI is InChI=1S/C22H29N3O4S/c1-6-25(7-2)14-15-8-10-17(11-9-15)23-22(30)24-21(26)16-12-18(27-3)20(29-5)19(13-16)28-4/h8-13H,6-7,14H2,1-5H3,(H2,23,24,26,30). The summed E-state index contributed by atoms with van der Waals surface area (Å²) in [6.45, 7) is 7.21. The van der Waals surface area contributed by atoms with Crippen molar-refractivity contribution in [3.63, 3.8) is 0 Å². The lowest BCUT2D eigenvalue weighted by Crippen LogP contribution is -2.34. The van der Waals surface area contributed by atoms with Crippen LogP contribution in [0.1, 0.15) is 29.8 Å². The van der Waals surface area contributed by atoms with E-state index in [9.17, 15) is 4.79 Å². The molecule has 0 spiro atoms. The highest BCUT2D eigenvalue weighted by molar-refractivity contribution is 7.80. The summed E-state index contributed by atoms with van der Waals surface area (Å²) in [5.74, 6) is 0.821. The van der Waals surface area contributed by atoms with Crippen molar-refractivity contribution in [2.24, 2.45) is 0 Å². The molecule has 0 aromatic heterocycles. The number of thiocarbonyl (C=S) groups is 1. The zero-order chi connectivity index (χ0) is 22.1. The molecule has 2 rings (SSSR count). The molecule has 7 nitrogen and oxygen atoms in total. The fourth-order valence-electron chi connectivity index (χ4n) is 2.95. The number of ether oxygens (including phenoxy) is 3. The van der Waals surface area contributed by atoms with E-state index >= 15 is 0 Å². The van der Waals surface area contributed by atoms with Gasteiger partial charge in [0.15, 0.2) is 16.6 Å². The molecule has 2 aromatic carbocycles. The molecule has 0 bridgehead atoms. The minimum atomic E-state index is -0.384. The number of rotatable bonds is 9. The summed E-state index contributed by atoms with van der Waals surface area (Å²) in [6.07, 6.45) is 0. The number of anilines is 1. The fourth-order valence-corrected chi connectivity index (χ4v) is 3.16. The van der Waals surface area contributed by atoms with Crippen LogP contribution in [0.15, 0.2) is 36.4 Å². The van der Waals surface area contributed by atoms with E-state index in [1.807, 2.05) is 24.3 Å². The number of hydrogen-bond donors (Lipinski definition) is 2. The highest BCUT2D eigenvalue weighted by Crippen LogP contribution is 2.38. The van der Waals surface area contributed by atoms with Gasteiger partial charge in [-0.15, -0.1) is 0 Å². The number of carbonyl (C=O) groups excluding carboxylic acids is 1. The number of benzene rings is 2. The summed E-state index contributed by atoms with van der Waals surface area (Å²) in [4.78, 5) is 15.0. The SMILES string of the molecule is CCN(CC)Cc1ccc(NC(=S)NC(=O)c2cc(OC)c(OC)c(OC)c2)cc1. The minimum Gasteiger partial charge on any atom is -0.493 e. The Hall–Kier alpha value is -2.84. The molecule has 30 heavy (non-hydrogen) atoms. The number of hydrogen-bond acceptors (Lipinski definition) is 6. The van der Waals surface area contributed by atoms with Crippen molar-refractivity contribution in [1.29, 1.82) is 0 Å². The van der Waals surface area contributed by atoms with Gasteiger partial charge in [-0.25, -0.2) is 0 Å². The summed E-state index contributed by atoms with van der Waals surface area (Å²) < 4.78 is 15.9. The number of nitrogens with one attached hydrogen (secondary N) is 2. The lowest BCUT2D eigenvalue weighted by molar-refractivity contribution is 0.0977. The van der Waals surface area contributed by atoms with Crippen LogP contribution in [0.25, 0.3) is 0 Å². The summed E-state index contributed by atoms with van der Waals surface area (Å²) in [5, 5.41) is 5.90. The third-order valence-electron chi connectivity index (χ3n) is 4.67. The third-order valence-corrected chi connectivity index (χ3v) is 4.87. The van der Waals surface area contributed by atoms with Crippen molar-refractivity contribution < 1.29 is 19.0 Å². The van der Waals surface area contributed by atoms with Gasteiger partial charge < -0.3 is 19.5 Å². The Morgan fingerprint density at radius 1 is 0.967 bits per heavy atom. The Balaban J connectivity index is 2.03. The summed E-state index contributed by atoms with van der Waals surface area (Å²) in [7, 11) is 4.50. The van der Waals surface area contributed by atoms with Gasteiger partial charge in [0.05, 0.1) is 21.3 Å². The molecular weight excluding hydrogens is 402 g/mol. The summed E-state index contributed by atoms with van der Waals surface area (Å²) in [6, 6.07) is 11.1. The van der Waals surface area contributed by atoms with Crippen LogP contribution in [0.5, 0.6) is 17.2 Å². The van der Waals surface area contributed by atoms with E-state index in [1.54, 1.807) is 12.1 Å². The average molecular weight is 432 g/mol. The molecule has 162 valence electrons. The molecule has 0 aliphatic heterocycles. The van der Waals surface area contributed by atoms with E-state index in [0.717, 1.165) is 25.3 Å². The normalized spacial score (nSPS) is 10.5. The van der Waals surface area contributed by atoms with Crippen molar-refractivity contribution in [2.75, 3.05) is 39.7 Å². The van der Waals surface area contributed by atoms with Gasteiger partial charge in [0.2, 0.25) is 5.75 Å². The first-order valence-corrected chi connectivity index (χ1v) is 10.1. The monoisotopic (exact) mass is 431 g/mol. The lowest BCUT2D eigenvalue weighted by Gasteiger charge is -2.18. The number of amides is 1. The summed E-state index contributed by atoms with van der Waals surface area (Å²) >= 11 is 5.29. The number of nitrogens with zero attached hydrogens (tertiary/aromatic N) is 1. The van der Waals surface area contributed by atoms with Crippen LogP contribution in [0.3, 0.4) is 0 Å². The van der Waals surface area contributed by atoms with Gasteiger partial charge in [-0.05, 0) is 55.1 Å². The molecule has 1 amide bonds. The van der Waals surface area contributed by atoms with Crippen molar-refractivity contribution in [2.45, 2.75) is 20.4 Å². The first-order valence-electron chi connectivity index (χ1n) is 9.69. The second-order valence-corrected chi connectivity index (χ2v) is 6.89. The maximum atomic E-state index is 12.6. The molecule has 0 aliphatic rings. The fraction of sp³-hybridized carbons (Fsp3) is 0.364. The molecule has 0 fully saturated rings. The van der Waals surface area contributed by atoms with Gasteiger partial charge in [-0.2, -0.15) is 0 Å². The largest absolute Gasteiger partial charge is 0.493 e. The molecular formula is C22H29N3O4S. The van der Waals surface area contributed by atoms with Crippen molar-refractivity contribution in [3.8, 4) is 17.2 Å². The minimum absolute atomic E-state index is 0.199. The first kappa shape index (κ1) is 23.4. The predicted octanol–water partition coefficient (Wildman–Crippen LogP) is 3.68. The van der Waals surface area contributed by atoms with Crippen LogP contribution in [-0.4, -0.2) is 50.3 Å². The Morgan fingerprint density at radius 3 is 2.00 bits per heavy atom. The molecule has 2 aromatic rings. The Morgan fingerprint density at radius 2 is 1.53 bits per heavy atom. The van der Waals surface area contributed by atoms with E-state index in [2.05, 4.69) is 29.4 Å². The van der Waals surface area contributed by atoms with Gasteiger partial charge in [-0.3, -0.25) is 15.0 Å². The zero-order valence-corrected chi connectivity index (χ0v) is 18.9. The van der Waals surface area contributed by atoms with E-state index in [4.69, 9.17) is 26.4 Å². The molecule has 2 N–H and O–H groups in total. The van der Waals surface area contributed by atoms with Gasteiger partial charge >= 0.3 is 0 Å². The smallest absolute Gasteiger partial charge is 0.257 e. The van der Waals surface area contributed by atoms with Crippen LogP contribution in [0, 0.1) is 0 Å². The van der Waals surface area contributed by atoms with E-state index in [0.29, 0.717) is 22.8 Å². The Bertz CT molecular complexity index is 842. The van der Waals surface area contributed by atoms with Gasteiger partial charge in [0.25, 0.3) is 5.91 Å². The first-order chi connectivity index (χ1) is 14.4. The van der Waals surface area contributed by atoms with E-state index in [-0.39, 0.29) is 11.0 Å². The van der Waals surface area contributed by atoms with Crippen molar-refractivity contribution in [3.05, 3.63) is 47.5 Å². The highest BCUT2D eigenvalue weighted by Gasteiger charge is 2.17. The van der Waals surface area contributed by atoms with E-state index < -0.39 is 0 Å². The molecule has 0 radical (unpaired) electrons. The van der Waals surface area contributed by atoms with Gasteiger partial charge in [-0.1, -0.05) is 26.0 Å².